The maximum absolute atomic E-state index is 13.6. The van der Waals surface area contributed by atoms with Gasteiger partial charge >= 0.3 is 0 Å². The molecule has 1 unspecified atom stereocenters. The number of rotatable bonds is 2. The van der Waals surface area contributed by atoms with Gasteiger partial charge in [-0.1, -0.05) is 22.0 Å². The lowest BCUT2D eigenvalue weighted by Crippen LogP contribution is -1.99. The van der Waals surface area contributed by atoms with E-state index in [1.54, 1.807) is 13.0 Å². The minimum absolute atomic E-state index is 0.153. The summed E-state index contributed by atoms with van der Waals surface area (Å²) in [6, 6.07) is 7.63. The summed E-state index contributed by atoms with van der Waals surface area (Å²) in [7, 11) is 0. The van der Waals surface area contributed by atoms with Crippen molar-refractivity contribution in [3.8, 4) is 0 Å². The fraction of sp³-hybridized carbons (Fsp3) is 0.143. The smallest absolute Gasteiger partial charge is 0.128 e. The summed E-state index contributed by atoms with van der Waals surface area (Å²) in [6.07, 6.45) is 0. The normalized spacial score (nSPS) is 12.5. The first-order chi connectivity index (χ1) is 8.47. The second kappa shape index (κ2) is 5.14. The highest BCUT2D eigenvalue weighted by atomic mass is 79.9. The molecule has 0 radical (unpaired) electrons. The van der Waals surface area contributed by atoms with Gasteiger partial charge in [0.15, 0.2) is 0 Å². The second-order valence-electron chi connectivity index (χ2n) is 4.09. The zero-order chi connectivity index (χ0) is 13.3. The fourth-order valence-corrected chi connectivity index (χ4v) is 2.41. The van der Waals surface area contributed by atoms with E-state index in [2.05, 4.69) is 15.9 Å². The molecular formula is C14H10BrF3. The highest BCUT2D eigenvalue weighted by Crippen LogP contribution is 2.33. The van der Waals surface area contributed by atoms with Gasteiger partial charge in [0.05, 0.1) is 4.83 Å². The summed E-state index contributed by atoms with van der Waals surface area (Å²) >= 11 is 3.27. The van der Waals surface area contributed by atoms with Crippen LogP contribution in [0.5, 0.6) is 0 Å². The van der Waals surface area contributed by atoms with Crippen molar-refractivity contribution in [2.45, 2.75) is 11.8 Å². The fourth-order valence-electron chi connectivity index (χ4n) is 1.80. The molecule has 2 aromatic carbocycles. The molecule has 0 amide bonds. The molecule has 1 atom stereocenters. The topological polar surface area (TPSA) is 0 Å². The van der Waals surface area contributed by atoms with Crippen molar-refractivity contribution in [2.24, 2.45) is 0 Å². The molecule has 0 N–H and O–H groups in total. The number of aryl methyl sites for hydroxylation is 1. The van der Waals surface area contributed by atoms with Crippen LogP contribution in [0.2, 0.25) is 0 Å². The van der Waals surface area contributed by atoms with Crippen LogP contribution in [0.25, 0.3) is 0 Å². The number of hydrogen-bond acceptors (Lipinski definition) is 0. The predicted octanol–water partition coefficient (Wildman–Crippen LogP) is 4.90. The van der Waals surface area contributed by atoms with Gasteiger partial charge in [-0.2, -0.15) is 0 Å². The lowest BCUT2D eigenvalue weighted by atomic mass is 10.0. The first-order valence-corrected chi connectivity index (χ1v) is 6.25. The van der Waals surface area contributed by atoms with Crippen molar-refractivity contribution in [2.75, 3.05) is 0 Å². The minimum Gasteiger partial charge on any atom is -0.207 e. The van der Waals surface area contributed by atoms with Crippen LogP contribution in [0.15, 0.2) is 36.4 Å². The average Bonchev–Trinajstić information content (AvgIpc) is 2.30. The van der Waals surface area contributed by atoms with Crippen molar-refractivity contribution in [1.29, 1.82) is 0 Å². The van der Waals surface area contributed by atoms with Crippen molar-refractivity contribution in [3.05, 3.63) is 70.5 Å². The first kappa shape index (κ1) is 13.1. The van der Waals surface area contributed by atoms with E-state index in [1.807, 2.05) is 0 Å². The highest BCUT2D eigenvalue weighted by Gasteiger charge is 2.16. The van der Waals surface area contributed by atoms with Gasteiger partial charge < -0.3 is 0 Å². The Morgan fingerprint density at radius 2 is 1.67 bits per heavy atom. The van der Waals surface area contributed by atoms with Gasteiger partial charge in [-0.15, -0.1) is 0 Å². The molecule has 0 heterocycles. The highest BCUT2D eigenvalue weighted by molar-refractivity contribution is 9.09. The molecule has 0 aromatic heterocycles. The molecular weight excluding hydrogens is 305 g/mol. The van der Waals surface area contributed by atoms with E-state index in [4.69, 9.17) is 0 Å². The lowest BCUT2D eigenvalue weighted by molar-refractivity contribution is 0.587. The quantitative estimate of drug-likeness (QED) is 0.692. The Balaban J connectivity index is 2.47. The van der Waals surface area contributed by atoms with E-state index >= 15 is 0 Å². The van der Waals surface area contributed by atoms with E-state index in [9.17, 15) is 13.2 Å². The Morgan fingerprint density at radius 3 is 2.33 bits per heavy atom. The molecule has 2 rings (SSSR count). The first-order valence-electron chi connectivity index (χ1n) is 5.33. The maximum Gasteiger partial charge on any atom is 0.128 e. The molecule has 0 aliphatic heterocycles. The Hall–Kier alpha value is -1.29. The van der Waals surface area contributed by atoms with Crippen LogP contribution < -0.4 is 0 Å². The third-order valence-corrected chi connectivity index (χ3v) is 3.61. The minimum atomic E-state index is -0.581. The van der Waals surface area contributed by atoms with Crippen LogP contribution in [-0.4, -0.2) is 0 Å². The lowest BCUT2D eigenvalue weighted by Gasteiger charge is -2.13. The summed E-state index contributed by atoms with van der Waals surface area (Å²) in [5.74, 6) is -1.45. The van der Waals surface area contributed by atoms with E-state index < -0.39 is 22.3 Å². The molecule has 0 aliphatic carbocycles. The Kier molecular flexibility index (Phi) is 3.76. The molecule has 0 fully saturated rings. The predicted molar refractivity (Wildman–Crippen MR) is 68.3 cm³/mol. The standard InChI is InChI=1S/C14H10BrF3/c1-8-4-9(6-11(17)5-8)14(15)12-7-10(16)2-3-13(12)18/h2-7,14H,1H3. The average molecular weight is 315 g/mol. The Labute approximate surface area is 112 Å². The van der Waals surface area contributed by atoms with Crippen LogP contribution in [0.1, 0.15) is 21.5 Å². The van der Waals surface area contributed by atoms with E-state index in [1.165, 1.54) is 12.1 Å². The molecule has 94 valence electrons. The van der Waals surface area contributed by atoms with Gasteiger partial charge in [-0.05, 0) is 48.4 Å². The van der Waals surface area contributed by atoms with Crippen LogP contribution in [-0.2, 0) is 0 Å². The van der Waals surface area contributed by atoms with E-state index in [0.717, 1.165) is 23.8 Å². The van der Waals surface area contributed by atoms with Gasteiger partial charge in [-0.25, -0.2) is 13.2 Å². The summed E-state index contributed by atoms with van der Waals surface area (Å²) in [4.78, 5) is -0.581. The zero-order valence-electron chi connectivity index (χ0n) is 9.55. The second-order valence-corrected chi connectivity index (χ2v) is 5.01. The zero-order valence-corrected chi connectivity index (χ0v) is 11.1. The molecule has 0 spiro atoms. The molecule has 0 aliphatic rings. The summed E-state index contributed by atoms with van der Waals surface area (Å²) in [5, 5.41) is 0. The SMILES string of the molecule is Cc1cc(F)cc(C(Br)c2cc(F)ccc2F)c1. The van der Waals surface area contributed by atoms with Crippen LogP contribution in [0.4, 0.5) is 13.2 Å². The van der Waals surface area contributed by atoms with E-state index in [-0.39, 0.29) is 5.56 Å². The molecule has 0 bridgehead atoms. The number of alkyl halides is 1. The van der Waals surface area contributed by atoms with Gasteiger partial charge in [0.1, 0.15) is 17.5 Å². The van der Waals surface area contributed by atoms with Gasteiger partial charge in [0.25, 0.3) is 0 Å². The maximum atomic E-state index is 13.6. The summed E-state index contributed by atoms with van der Waals surface area (Å²) in [6.45, 7) is 1.74. The number of benzene rings is 2. The summed E-state index contributed by atoms with van der Waals surface area (Å²) in [5.41, 5.74) is 1.43. The number of hydrogen-bond donors (Lipinski definition) is 0. The van der Waals surface area contributed by atoms with Crippen LogP contribution in [0, 0.1) is 24.4 Å². The van der Waals surface area contributed by atoms with Crippen molar-refractivity contribution >= 4 is 15.9 Å². The molecule has 4 heteroatoms. The third kappa shape index (κ3) is 2.75. The van der Waals surface area contributed by atoms with Crippen molar-refractivity contribution < 1.29 is 13.2 Å². The molecule has 2 aromatic rings. The van der Waals surface area contributed by atoms with Gasteiger partial charge in [0, 0.05) is 5.56 Å². The Bertz CT molecular complexity index is 561. The molecule has 0 nitrogen and oxygen atoms in total. The summed E-state index contributed by atoms with van der Waals surface area (Å²) < 4.78 is 40.0. The Morgan fingerprint density at radius 1 is 0.944 bits per heavy atom. The van der Waals surface area contributed by atoms with Crippen LogP contribution >= 0.6 is 15.9 Å². The van der Waals surface area contributed by atoms with Gasteiger partial charge in [0.2, 0.25) is 0 Å². The van der Waals surface area contributed by atoms with Crippen molar-refractivity contribution in [3.63, 3.8) is 0 Å². The number of halogens is 4. The monoisotopic (exact) mass is 314 g/mol. The molecule has 0 saturated carbocycles. The molecule has 0 saturated heterocycles. The largest absolute Gasteiger partial charge is 0.207 e. The van der Waals surface area contributed by atoms with Crippen molar-refractivity contribution in [1.82, 2.24) is 0 Å². The van der Waals surface area contributed by atoms with Gasteiger partial charge in [-0.3, -0.25) is 0 Å². The van der Waals surface area contributed by atoms with Crippen LogP contribution in [0.3, 0.4) is 0 Å². The van der Waals surface area contributed by atoms with E-state index in [0.29, 0.717) is 5.56 Å². The third-order valence-electron chi connectivity index (χ3n) is 2.59. The molecule has 18 heavy (non-hydrogen) atoms.